The molecule has 0 amide bonds. The van der Waals surface area contributed by atoms with Crippen molar-refractivity contribution in [2.45, 2.75) is 18.9 Å². The molecule has 2 N–H and O–H groups in total. The molecule has 2 rings (SSSR count). The number of rotatable bonds is 2. The van der Waals surface area contributed by atoms with Crippen LogP contribution in [0.5, 0.6) is 0 Å². The van der Waals surface area contributed by atoms with E-state index >= 15 is 0 Å². The first-order valence-electron chi connectivity index (χ1n) is 4.43. The van der Waals surface area contributed by atoms with Crippen LogP contribution < -0.4 is 4.72 Å². The molecule has 0 bridgehead atoms. The van der Waals surface area contributed by atoms with Gasteiger partial charge in [0, 0.05) is 11.1 Å². The molecule has 0 aromatic heterocycles. The van der Waals surface area contributed by atoms with Crippen molar-refractivity contribution in [2.75, 3.05) is 0 Å². The maximum atomic E-state index is 13.0. The highest BCUT2D eigenvalue weighted by atomic mass is 35.5. The van der Waals surface area contributed by atoms with Crippen LogP contribution in [0.1, 0.15) is 23.6 Å². The summed E-state index contributed by atoms with van der Waals surface area (Å²) in [5.41, 5.74) is 1.54. The van der Waals surface area contributed by atoms with E-state index in [9.17, 15) is 8.60 Å². The number of hydrogen-bond donors (Lipinski definition) is 2. The Morgan fingerprint density at radius 3 is 3.00 bits per heavy atom. The topological polar surface area (TPSA) is 49.3 Å². The van der Waals surface area contributed by atoms with E-state index in [4.69, 9.17) is 16.2 Å². The summed E-state index contributed by atoms with van der Waals surface area (Å²) >= 11 is 3.81. The third-order valence-corrected chi connectivity index (χ3v) is 3.27. The molecule has 0 spiro atoms. The molecule has 0 saturated carbocycles. The number of aryl methyl sites for hydroxylation is 1. The monoisotopic (exact) mass is 249 g/mol. The maximum Gasteiger partial charge on any atom is 0.232 e. The Labute approximate surface area is 94.1 Å². The molecule has 15 heavy (non-hydrogen) atoms. The van der Waals surface area contributed by atoms with Crippen molar-refractivity contribution in [1.82, 2.24) is 4.72 Å². The standard InChI is InChI=1S/C9H9ClFNO2S/c10-7-4-6(11)3-5-1-2-8(9(5)7)12-15(13)14/h3-4,8,12H,1-2H2,(H,13,14)/t8-/m0/s1. The van der Waals surface area contributed by atoms with Crippen molar-refractivity contribution < 1.29 is 13.2 Å². The molecule has 0 aliphatic heterocycles. The van der Waals surface area contributed by atoms with Crippen molar-refractivity contribution in [2.24, 2.45) is 0 Å². The molecular formula is C9H9ClFNO2S. The lowest BCUT2D eigenvalue weighted by atomic mass is 10.1. The van der Waals surface area contributed by atoms with Crippen molar-refractivity contribution in [3.05, 3.63) is 34.1 Å². The molecule has 2 atom stereocenters. The van der Waals surface area contributed by atoms with Gasteiger partial charge in [0.15, 0.2) is 0 Å². The molecule has 1 aromatic rings. The Morgan fingerprint density at radius 1 is 1.60 bits per heavy atom. The number of halogens is 2. The minimum Gasteiger partial charge on any atom is -0.294 e. The molecule has 82 valence electrons. The van der Waals surface area contributed by atoms with E-state index in [1.807, 2.05) is 0 Å². The van der Waals surface area contributed by atoms with Gasteiger partial charge in [0.25, 0.3) is 0 Å². The van der Waals surface area contributed by atoms with E-state index in [1.54, 1.807) is 0 Å². The highest BCUT2D eigenvalue weighted by Crippen LogP contribution is 2.37. The van der Waals surface area contributed by atoms with E-state index in [0.717, 1.165) is 11.1 Å². The lowest BCUT2D eigenvalue weighted by Gasteiger charge is -2.12. The van der Waals surface area contributed by atoms with Crippen LogP contribution in [0.2, 0.25) is 5.02 Å². The van der Waals surface area contributed by atoms with E-state index in [-0.39, 0.29) is 11.9 Å². The Hall–Kier alpha value is -0.490. The summed E-state index contributed by atoms with van der Waals surface area (Å²) < 4.78 is 34.8. The molecular weight excluding hydrogens is 241 g/mol. The van der Waals surface area contributed by atoms with Gasteiger partial charge in [-0.3, -0.25) is 4.55 Å². The first-order valence-corrected chi connectivity index (χ1v) is 5.91. The van der Waals surface area contributed by atoms with Crippen LogP contribution in [0.4, 0.5) is 4.39 Å². The predicted octanol–water partition coefficient (Wildman–Crippen LogP) is 2.19. The second kappa shape index (κ2) is 4.17. The van der Waals surface area contributed by atoms with Gasteiger partial charge in [-0.2, -0.15) is 0 Å². The summed E-state index contributed by atoms with van der Waals surface area (Å²) in [5.74, 6) is -0.371. The van der Waals surface area contributed by atoms with Gasteiger partial charge in [0.1, 0.15) is 5.82 Å². The molecule has 6 heteroatoms. The van der Waals surface area contributed by atoms with Crippen LogP contribution in [-0.2, 0) is 17.7 Å². The molecule has 1 aliphatic rings. The molecule has 0 fully saturated rings. The highest BCUT2D eigenvalue weighted by molar-refractivity contribution is 7.77. The smallest absolute Gasteiger partial charge is 0.232 e. The predicted molar refractivity (Wildman–Crippen MR) is 56.4 cm³/mol. The Balaban J connectivity index is 2.37. The fraction of sp³-hybridized carbons (Fsp3) is 0.333. The Bertz CT molecular complexity index is 427. The Kier molecular flexibility index (Phi) is 3.06. The highest BCUT2D eigenvalue weighted by Gasteiger charge is 2.26. The maximum absolute atomic E-state index is 13.0. The normalized spacial score (nSPS) is 21.4. The second-order valence-electron chi connectivity index (χ2n) is 3.42. The molecule has 0 heterocycles. The number of benzene rings is 1. The van der Waals surface area contributed by atoms with Crippen LogP contribution >= 0.6 is 11.6 Å². The summed E-state index contributed by atoms with van der Waals surface area (Å²) in [4.78, 5) is 0. The van der Waals surface area contributed by atoms with Crippen molar-refractivity contribution in [3.63, 3.8) is 0 Å². The van der Waals surface area contributed by atoms with Gasteiger partial charge in [-0.25, -0.2) is 13.3 Å². The number of hydrogen-bond acceptors (Lipinski definition) is 1. The van der Waals surface area contributed by atoms with Crippen LogP contribution in [0.15, 0.2) is 12.1 Å². The average Bonchev–Trinajstić information content (AvgIpc) is 2.46. The van der Waals surface area contributed by atoms with Gasteiger partial charge < -0.3 is 0 Å². The van der Waals surface area contributed by atoms with Gasteiger partial charge in [-0.1, -0.05) is 11.6 Å². The summed E-state index contributed by atoms with van der Waals surface area (Å²) in [6.45, 7) is 0. The zero-order valence-electron chi connectivity index (χ0n) is 7.67. The molecule has 1 aliphatic carbocycles. The molecule has 1 unspecified atom stereocenters. The van der Waals surface area contributed by atoms with Gasteiger partial charge in [-0.15, -0.1) is 0 Å². The molecule has 0 saturated heterocycles. The van der Waals surface area contributed by atoms with Crippen LogP contribution in [-0.4, -0.2) is 8.76 Å². The first-order chi connectivity index (χ1) is 7.08. The minimum absolute atomic E-state index is 0.265. The quantitative estimate of drug-likeness (QED) is 0.790. The SMILES string of the molecule is O=S(O)N[C@H]1CCc2cc(F)cc(Cl)c21. The summed E-state index contributed by atoms with van der Waals surface area (Å²) in [7, 11) is 0. The summed E-state index contributed by atoms with van der Waals surface area (Å²) in [6.07, 6.45) is 1.33. The van der Waals surface area contributed by atoms with E-state index < -0.39 is 11.3 Å². The zero-order valence-corrected chi connectivity index (χ0v) is 9.24. The fourth-order valence-electron chi connectivity index (χ4n) is 1.92. The Morgan fingerprint density at radius 2 is 2.33 bits per heavy atom. The van der Waals surface area contributed by atoms with Crippen molar-refractivity contribution in [1.29, 1.82) is 0 Å². The van der Waals surface area contributed by atoms with Gasteiger partial charge in [0.2, 0.25) is 11.3 Å². The average molecular weight is 250 g/mol. The molecule has 3 nitrogen and oxygen atoms in total. The van der Waals surface area contributed by atoms with Gasteiger partial charge >= 0.3 is 0 Å². The van der Waals surface area contributed by atoms with Crippen LogP contribution in [0, 0.1) is 5.82 Å². The third-order valence-electron chi connectivity index (χ3n) is 2.47. The second-order valence-corrected chi connectivity index (χ2v) is 4.56. The summed E-state index contributed by atoms with van der Waals surface area (Å²) in [6, 6.07) is 2.38. The van der Waals surface area contributed by atoms with Gasteiger partial charge in [-0.05, 0) is 36.1 Å². The van der Waals surface area contributed by atoms with E-state index in [1.165, 1.54) is 12.1 Å². The lowest BCUT2D eigenvalue weighted by Crippen LogP contribution is -2.21. The first kappa shape index (κ1) is 11.0. The van der Waals surface area contributed by atoms with E-state index in [2.05, 4.69) is 4.72 Å². The molecule has 0 radical (unpaired) electrons. The van der Waals surface area contributed by atoms with Gasteiger partial charge in [0.05, 0.1) is 0 Å². The minimum atomic E-state index is -2.08. The lowest BCUT2D eigenvalue weighted by molar-refractivity contribution is 0.526. The largest absolute Gasteiger partial charge is 0.294 e. The number of fused-ring (bicyclic) bond motifs is 1. The number of nitrogens with one attached hydrogen (secondary N) is 1. The third kappa shape index (κ3) is 2.20. The van der Waals surface area contributed by atoms with E-state index in [0.29, 0.717) is 17.9 Å². The zero-order chi connectivity index (χ0) is 11.0. The van der Waals surface area contributed by atoms with Crippen molar-refractivity contribution in [3.8, 4) is 0 Å². The summed E-state index contributed by atoms with van der Waals surface area (Å²) in [5, 5.41) is 0.311. The van der Waals surface area contributed by atoms with Crippen LogP contribution in [0.3, 0.4) is 0 Å². The van der Waals surface area contributed by atoms with Crippen LogP contribution in [0.25, 0.3) is 0 Å². The van der Waals surface area contributed by atoms with Crippen molar-refractivity contribution >= 4 is 22.9 Å². The molecule has 1 aromatic carbocycles. The fourth-order valence-corrected chi connectivity index (χ4v) is 2.76.